The Balaban J connectivity index is 1.41. The second kappa shape index (κ2) is 10.8. The molecule has 0 radical (unpaired) electrons. The van der Waals surface area contributed by atoms with Gasteiger partial charge in [0.15, 0.2) is 0 Å². The molecular formula is C45H33N. The summed E-state index contributed by atoms with van der Waals surface area (Å²) in [5.74, 6) is 0.0950. The van der Waals surface area contributed by atoms with E-state index in [1.54, 1.807) is 0 Å². The summed E-state index contributed by atoms with van der Waals surface area (Å²) in [6.45, 7) is 0. The number of benzene rings is 7. The minimum Gasteiger partial charge on any atom is -0.333 e. The molecule has 0 saturated carbocycles. The zero-order valence-corrected chi connectivity index (χ0v) is 25.5. The van der Waals surface area contributed by atoms with Crippen molar-refractivity contribution in [1.29, 1.82) is 0 Å². The number of allylic oxidation sites excluding steroid dienone is 2. The summed E-state index contributed by atoms with van der Waals surface area (Å²) in [6, 6.07) is 62.5. The first-order chi connectivity index (χ1) is 22.8. The molecule has 1 heterocycles. The van der Waals surface area contributed by atoms with Crippen LogP contribution in [0.2, 0.25) is 0 Å². The maximum Gasteiger partial charge on any atom is 0.0604 e. The topological polar surface area (TPSA) is 3.24 Å². The highest BCUT2D eigenvalue weighted by Gasteiger charge is 2.53. The van der Waals surface area contributed by atoms with Crippen molar-refractivity contribution in [3.05, 3.63) is 210 Å². The van der Waals surface area contributed by atoms with Crippen molar-refractivity contribution >= 4 is 38.5 Å². The summed E-state index contributed by atoms with van der Waals surface area (Å²) in [7, 11) is 0. The zero-order chi connectivity index (χ0) is 30.5. The van der Waals surface area contributed by atoms with Crippen LogP contribution in [0.25, 0.3) is 27.1 Å². The molecule has 1 aliphatic carbocycles. The van der Waals surface area contributed by atoms with Gasteiger partial charge in [-0.1, -0.05) is 176 Å². The fourth-order valence-electron chi connectivity index (χ4n) is 8.27. The third-order valence-corrected chi connectivity index (χ3v) is 10.2. The highest BCUT2D eigenvalue weighted by atomic mass is 15.2. The molecule has 0 saturated heterocycles. The molecule has 0 spiro atoms. The van der Waals surface area contributed by atoms with E-state index in [9.17, 15) is 0 Å². The molecule has 2 unspecified atom stereocenters. The van der Waals surface area contributed by atoms with Crippen LogP contribution in [0.4, 0.5) is 11.4 Å². The van der Waals surface area contributed by atoms with E-state index in [2.05, 4.69) is 193 Å². The van der Waals surface area contributed by atoms with E-state index in [0.717, 1.165) is 0 Å². The Bertz CT molecular complexity index is 2220. The molecule has 7 aromatic carbocycles. The Morgan fingerprint density at radius 3 is 1.83 bits per heavy atom. The summed E-state index contributed by atoms with van der Waals surface area (Å²) in [6.07, 6.45) is 7.38. The molecule has 2 atom stereocenters. The van der Waals surface area contributed by atoms with E-state index in [1.807, 2.05) is 0 Å². The van der Waals surface area contributed by atoms with Gasteiger partial charge in [-0.15, -0.1) is 0 Å². The minimum absolute atomic E-state index is 0.0624. The molecule has 0 fully saturated rings. The molecule has 0 bridgehead atoms. The second-order valence-corrected chi connectivity index (χ2v) is 12.5. The van der Waals surface area contributed by atoms with Crippen LogP contribution in [0.15, 0.2) is 188 Å². The number of para-hydroxylation sites is 1. The lowest BCUT2D eigenvalue weighted by atomic mass is 9.56. The van der Waals surface area contributed by atoms with Gasteiger partial charge in [0.2, 0.25) is 0 Å². The van der Waals surface area contributed by atoms with Crippen LogP contribution >= 0.6 is 0 Å². The Labute approximate surface area is 270 Å². The smallest absolute Gasteiger partial charge is 0.0604 e. The van der Waals surface area contributed by atoms with Gasteiger partial charge in [-0.3, -0.25) is 0 Å². The lowest BCUT2D eigenvalue weighted by molar-refractivity contribution is 0.387. The molecule has 1 heteroatoms. The number of nitrogens with zero attached hydrogens (tertiary/aromatic N) is 1. The first-order valence-electron chi connectivity index (χ1n) is 16.2. The lowest BCUT2D eigenvalue weighted by Gasteiger charge is -2.54. The molecule has 218 valence electrons. The van der Waals surface area contributed by atoms with Crippen LogP contribution < -0.4 is 4.90 Å². The molecule has 1 aliphatic heterocycles. The lowest BCUT2D eigenvalue weighted by Crippen LogP contribution is -2.53. The van der Waals surface area contributed by atoms with Crippen LogP contribution in [0.1, 0.15) is 22.3 Å². The van der Waals surface area contributed by atoms with Gasteiger partial charge < -0.3 is 4.90 Å². The van der Waals surface area contributed by atoms with Gasteiger partial charge in [0.05, 0.1) is 17.1 Å². The number of anilines is 2. The highest BCUT2D eigenvalue weighted by molar-refractivity contribution is 6.14. The van der Waals surface area contributed by atoms with Gasteiger partial charge >= 0.3 is 0 Å². The molecule has 2 aliphatic rings. The molecule has 1 nitrogen and oxygen atoms in total. The molecule has 7 aromatic rings. The largest absolute Gasteiger partial charge is 0.333 e. The standard InChI is InChI=1S/C45H33N/c1-4-15-32(16-5-1)35-29-30-42-40(31-35)45(36-19-6-2-7-20-36,37-21-8-3-9-22-37)39-24-12-13-25-41(39)46(42)43-26-14-18-34-28-27-33-17-10-11-23-38(33)44(34)43/h1-31,40,42H. The summed E-state index contributed by atoms with van der Waals surface area (Å²) < 4.78 is 0. The number of rotatable bonds is 4. The average molecular weight is 588 g/mol. The van der Waals surface area contributed by atoms with E-state index in [4.69, 9.17) is 0 Å². The number of hydrogen-bond acceptors (Lipinski definition) is 1. The first-order valence-corrected chi connectivity index (χ1v) is 16.2. The van der Waals surface area contributed by atoms with Crippen molar-refractivity contribution in [2.45, 2.75) is 11.5 Å². The van der Waals surface area contributed by atoms with Gasteiger partial charge in [-0.05, 0) is 56.1 Å². The third kappa shape index (κ3) is 3.95. The number of fused-ring (bicyclic) bond motifs is 5. The van der Waals surface area contributed by atoms with Crippen molar-refractivity contribution in [2.24, 2.45) is 5.92 Å². The maximum absolute atomic E-state index is 2.63. The Hall–Kier alpha value is -5.66. The summed E-state index contributed by atoms with van der Waals surface area (Å²) in [5.41, 5.74) is 8.53. The van der Waals surface area contributed by atoms with Gasteiger partial charge in [0.25, 0.3) is 0 Å². The molecule has 0 N–H and O–H groups in total. The van der Waals surface area contributed by atoms with Crippen LogP contribution in [-0.4, -0.2) is 6.04 Å². The fraction of sp³-hybridized carbons (Fsp3) is 0.0667. The maximum atomic E-state index is 2.63. The Kier molecular flexibility index (Phi) is 6.24. The van der Waals surface area contributed by atoms with Gasteiger partial charge in [-0.25, -0.2) is 0 Å². The van der Waals surface area contributed by atoms with Gasteiger partial charge in [0, 0.05) is 17.0 Å². The molecular weight excluding hydrogens is 555 g/mol. The Morgan fingerprint density at radius 1 is 0.478 bits per heavy atom. The summed E-state index contributed by atoms with van der Waals surface area (Å²) in [4.78, 5) is 2.63. The Morgan fingerprint density at radius 2 is 1.07 bits per heavy atom. The molecule has 46 heavy (non-hydrogen) atoms. The second-order valence-electron chi connectivity index (χ2n) is 12.5. The normalized spacial score (nSPS) is 18.2. The number of hydrogen-bond donors (Lipinski definition) is 0. The predicted molar refractivity (Wildman–Crippen MR) is 194 cm³/mol. The fourth-order valence-corrected chi connectivity index (χ4v) is 8.27. The van der Waals surface area contributed by atoms with Crippen molar-refractivity contribution < 1.29 is 0 Å². The molecule has 0 aromatic heterocycles. The van der Waals surface area contributed by atoms with Gasteiger partial charge in [-0.2, -0.15) is 0 Å². The summed E-state index contributed by atoms with van der Waals surface area (Å²) in [5, 5.41) is 5.10. The van der Waals surface area contributed by atoms with E-state index >= 15 is 0 Å². The zero-order valence-electron chi connectivity index (χ0n) is 25.5. The molecule has 9 rings (SSSR count). The van der Waals surface area contributed by atoms with Crippen molar-refractivity contribution in [3.63, 3.8) is 0 Å². The van der Waals surface area contributed by atoms with Crippen LogP contribution in [0.3, 0.4) is 0 Å². The van der Waals surface area contributed by atoms with Crippen LogP contribution in [0, 0.1) is 5.92 Å². The van der Waals surface area contributed by atoms with Crippen molar-refractivity contribution in [3.8, 4) is 0 Å². The van der Waals surface area contributed by atoms with E-state index in [1.165, 1.54) is 60.7 Å². The van der Waals surface area contributed by atoms with Gasteiger partial charge in [0.1, 0.15) is 0 Å². The predicted octanol–water partition coefficient (Wildman–Crippen LogP) is 11.1. The van der Waals surface area contributed by atoms with E-state index in [0.29, 0.717) is 0 Å². The van der Waals surface area contributed by atoms with Crippen LogP contribution in [0.5, 0.6) is 0 Å². The van der Waals surface area contributed by atoms with E-state index < -0.39 is 5.41 Å². The average Bonchev–Trinajstić information content (AvgIpc) is 3.14. The van der Waals surface area contributed by atoms with Crippen molar-refractivity contribution in [1.82, 2.24) is 0 Å². The first kappa shape index (κ1) is 26.7. The summed E-state index contributed by atoms with van der Waals surface area (Å²) >= 11 is 0. The van der Waals surface area contributed by atoms with Crippen molar-refractivity contribution in [2.75, 3.05) is 4.90 Å². The highest BCUT2D eigenvalue weighted by Crippen LogP contribution is 2.58. The van der Waals surface area contributed by atoms with E-state index in [-0.39, 0.29) is 12.0 Å². The SMILES string of the molecule is C1=CC2C(C=C1c1ccccc1)C(c1ccccc1)(c1ccccc1)c1ccccc1N2c1cccc2ccc3ccccc3c12. The quantitative estimate of drug-likeness (QED) is 0.185. The van der Waals surface area contributed by atoms with Crippen LogP contribution in [-0.2, 0) is 5.41 Å². The monoisotopic (exact) mass is 587 g/mol. The molecule has 0 amide bonds. The minimum atomic E-state index is -0.419. The third-order valence-electron chi connectivity index (χ3n) is 10.2.